The molecule has 200 valence electrons. The first-order valence-corrected chi connectivity index (χ1v) is 14.3. The third-order valence-corrected chi connectivity index (χ3v) is 10.1. The van der Waals surface area contributed by atoms with Gasteiger partial charge in [-0.3, -0.25) is 14.6 Å². The van der Waals surface area contributed by atoms with Crippen LogP contribution in [0.25, 0.3) is 6.08 Å². The Morgan fingerprint density at radius 1 is 1.13 bits per heavy atom. The molecule has 4 aromatic rings. The predicted octanol–water partition coefficient (Wildman–Crippen LogP) is 5.23. The number of hydrogen-bond acceptors (Lipinski definition) is 5. The van der Waals surface area contributed by atoms with Crippen molar-refractivity contribution in [3.05, 3.63) is 105 Å². The Morgan fingerprint density at radius 3 is 2.59 bits per heavy atom. The molecule has 1 unspecified atom stereocenters. The van der Waals surface area contributed by atoms with Crippen LogP contribution in [0.3, 0.4) is 0 Å². The Labute approximate surface area is 234 Å². The molecule has 1 saturated heterocycles. The number of aromatic amines is 1. The molecule has 3 heterocycles. The van der Waals surface area contributed by atoms with E-state index >= 15 is 0 Å². The number of carbonyl (C=O) groups is 1. The number of ketones is 1. The van der Waals surface area contributed by atoms with Gasteiger partial charge < -0.3 is 0 Å². The van der Waals surface area contributed by atoms with Crippen LogP contribution >= 0.6 is 23.2 Å². The van der Waals surface area contributed by atoms with Gasteiger partial charge in [0.15, 0.2) is 5.78 Å². The topological polar surface area (TPSA) is 101 Å². The fourth-order valence-electron chi connectivity index (χ4n) is 5.75. The third kappa shape index (κ3) is 4.13. The van der Waals surface area contributed by atoms with E-state index in [-0.39, 0.29) is 33.7 Å². The van der Waals surface area contributed by atoms with E-state index in [1.165, 1.54) is 57.6 Å². The van der Waals surface area contributed by atoms with Crippen molar-refractivity contribution in [2.75, 3.05) is 6.54 Å². The summed E-state index contributed by atoms with van der Waals surface area (Å²) in [4.78, 5) is 14.5. The summed E-state index contributed by atoms with van der Waals surface area (Å²) in [5.74, 6) is -0.755. The molecule has 2 aromatic heterocycles. The minimum atomic E-state index is -4.20. The van der Waals surface area contributed by atoms with Crippen molar-refractivity contribution >= 4 is 45.1 Å². The van der Waals surface area contributed by atoms with Crippen molar-refractivity contribution in [1.82, 2.24) is 24.3 Å². The molecule has 0 radical (unpaired) electrons. The predicted molar refractivity (Wildman–Crippen MR) is 144 cm³/mol. The number of aryl methyl sites for hydroxylation is 1. The summed E-state index contributed by atoms with van der Waals surface area (Å²) < 4.78 is 45.5. The average molecular weight is 586 g/mol. The lowest BCUT2D eigenvalue weighted by Crippen LogP contribution is -2.55. The molecule has 1 aliphatic heterocycles. The van der Waals surface area contributed by atoms with Gasteiger partial charge in [-0.1, -0.05) is 40.9 Å². The van der Waals surface area contributed by atoms with Crippen LogP contribution in [0.1, 0.15) is 39.6 Å². The van der Waals surface area contributed by atoms with Crippen molar-refractivity contribution < 1.29 is 17.6 Å². The number of benzene rings is 2. The summed E-state index contributed by atoms with van der Waals surface area (Å²) >= 11 is 12.3. The average Bonchev–Trinajstić information content (AvgIpc) is 3.56. The second-order valence-corrected chi connectivity index (χ2v) is 12.5. The first-order valence-electron chi connectivity index (χ1n) is 12.1. The zero-order chi connectivity index (χ0) is 27.5. The molecule has 0 saturated carbocycles. The van der Waals surface area contributed by atoms with Crippen LogP contribution in [0.4, 0.5) is 4.39 Å². The number of Topliss-reactive ketones (excluding diaryl/α,β-unsaturated/α-hetero) is 1. The highest BCUT2D eigenvalue weighted by Gasteiger charge is 2.58. The first-order chi connectivity index (χ1) is 18.6. The maximum Gasteiger partial charge on any atom is 0.243 e. The third-order valence-electron chi connectivity index (χ3n) is 7.52. The highest BCUT2D eigenvalue weighted by atomic mass is 35.5. The van der Waals surface area contributed by atoms with Gasteiger partial charge in [0, 0.05) is 19.8 Å². The van der Waals surface area contributed by atoms with Crippen LogP contribution in [0, 0.1) is 11.2 Å². The Bertz CT molecular complexity index is 1750. The normalized spacial score (nSPS) is 21.2. The summed E-state index contributed by atoms with van der Waals surface area (Å²) in [5.41, 5.74) is 1.79. The molecule has 1 aliphatic carbocycles. The summed E-state index contributed by atoms with van der Waals surface area (Å²) in [6, 6.07) is 8.71. The van der Waals surface area contributed by atoms with Gasteiger partial charge in [0.05, 0.1) is 50.0 Å². The number of piperidine rings is 1. The lowest BCUT2D eigenvalue weighted by Gasteiger charge is -2.51. The number of aromatic nitrogens is 4. The molecule has 8 nitrogen and oxygen atoms in total. The van der Waals surface area contributed by atoms with Crippen LogP contribution in [-0.4, -0.2) is 45.0 Å². The molecular formula is C27H22Cl2FN5O3S. The lowest BCUT2D eigenvalue weighted by atomic mass is 9.59. The number of halogens is 3. The lowest BCUT2D eigenvalue weighted by molar-refractivity contribution is 0.0632. The summed E-state index contributed by atoms with van der Waals surface area (Å²) in [5, 5.41) is 11.6. The van der Waals surface area contributed by atoms with E-state index in [1.54, 1.807) is 19.4 Å². The van der Waals surface area contributed by atoms with Crippen LogP contribution in [-0.2, 0) is 23.5 Å². The van der Waals surface area contributed by atoms with E-state index in [0.717, 1.165) is 16.8 Å². The van der Waals surface area contributed by atoms with Gasteiger partial charge in [-0.05, 0) is 60.4 Å². The molecule has 1 N–H and O–H groups in total. The molecule has 0 amide bonds. The van der Waals surface area contributed by atoms with E-state index < -0.39 is 27.3 Å². The molecular weight excluding hydrogens is 564 g/mol. The Hall–Kier alpha value is -3.31. The van der Waals surface area contributed by atoms with Gasteiger partial charge in [0.25, 0.3) is 0 Å². The quantitative estimate of drug-likeness (QED) is 0.323. The highest BCUT2D eigenvalue weighted by Crippen LogP contribution is 2.56. The Balaban J connectivity index is 1.62. The number of hydrogen-bond donors (Lipinski definition) is 1. The smallest absolute Gasteiger partial charge is 0.243 e. The van der Waals surface area contributed by atoms with E-state index in [4.69, 9.17) is 23.2 Å². The van der Waals surface area contributed by atoms with E-state index in [1.807, 2.05) is 6.08 Å². The van der Waals surface area contributed by atoms with Gasteiger partial charge in [-0.15, -0.1) is 0 Å². The van der Waals surface area contributed by atoms with Crippen molar-refractivity contribution in [2.45, 2.75) is 23.8 Å². The summed E-state index contributed by atoms with van der Waals surface area (Å²) in [6.45, 7) is 0.0853. The number of H-pyrrole nitrogens is 1. The van der Waals surface area contributed by atoms with Gasteiger partial charge in [-0.2, -0.15) is 14.5 Å². The maximum atomic E-state index is 14.6. The number of rotatable bonds is 5. The summed E-state index contributed by atoms with van der Waals surface area (Å²) in [6.07, 6.45) is 7.12. The van der Waals surface area contributed by atoms with Crippen LogP contribution in [0.5, 0.6) is 0 Å². The minimum Gasteiger partial charge on any atom is -0.293 e. The van der Waals surface area contributed by atoms with Crippen molar-refractivity contribution in [1.29, 1.82) is 0 Å². The van der Waals surface area contributed by atoms with Gasteiger partial charge in [0.2, 0.25) is 10.0 Å². The first kappa shape index (κ1) is 25.9. The van der Waals surface area contributed by atoms with Crippen molar-refractivity contribution in [2.24, 2.45) is 12.5 Å². The molecule has 2 aliphatic rings. The molecule has 12 heteroatoms. The summed E-state index contributed by atoms with van der Waals surface area (Å²) in [7, 11) is -2.49. The van der Waals surface area contributed by atoms with Crippen LogP contribution in [0.15, 0.2) is 71.5 Å². The van der Waals surface area contributed by atoms with E-state index in [0.29, 0.717) is 17.5 Å². The number of sulfonamides is 1. The number of nitrogens with zero attached hydrogens (tertiary/aromatic N) is 4. The second-order valence-electron chi connectivity index (χ2n) is 9.75. The van der Waals surface area contributed by atoms with Gasteiger partial charge in [0.1, 0.15) is 5.82 Å². The molecule has 1 fully saturated rings. The number of carbonyl (C=O) groups excluding carboxylic acids is 1. The van der Waals surface area contributed by atoms with Crippen LogP contribution in [0.2, 0.25) is 10.0 Å². The molecule has 39 heavy (non-hydrogen) atoms. The largest absolute Gasteiger partial charge is 0.293 e. The standard InChI is InChI=1S/C27H22Cl2FN5O3S/c1-34-15-18(14-32-34)26(36)27-12-17-13-31-33-24(17)10-19(27)8-9-35(25(27)16-2-4-20(30)5-3-16)39(37,38)21-6-7-22(28)23(29)11-21/h2-7,10-11,13-15,25H,8-9,12H2,1H3,(H,31,33)/t25-,27?/m1/s1. The van der Waals surface area contributed by atoms with E-state index in [9.17, 15) is 17.6 Å². The van der Waals surface area contributed by atoms with Crippen molar-refractivity contribution in [3.8, 4) is 0 Å². The zero-order valence-corrected chi connectivity index (χ0v) is 22.9. The Kier molecular flexibility index (Phi) is 6.26. The molecule has 6 rings (SSSR count). The fraction of sp³-hybridized carbons (Fsp3) is 0.222. The second kappa shape index (κ2) is 9.41. The SMILES string of the molecule is Cn1cc(C(=O)C23Cc4cn[nH]c4C=C2CCN(S(=O)(=O)c2ccc(Cl)c(Cl)c2)[C@@H]3c2ccc(F)cc2)cn1. The number of nitrogens with one attached hydrogen (secondary N) is 1. The fourth-order valence-corrected chi connectivity index (χ4v) is 7.80. The highest BCUT2D eigenvalue weighted by molar-refractivity contribution is 7.89. The molecule has 2 aromatic carbocycles. The van der Waals surface area contributed by atoms with Crippen LogP contribution < -0.4 is 0 Å². The molecule has 0 bridgehead atoms. The molecule has 0 spiro atoms. The van der Waals surface area contributed by atoms with Crippen molar-refractivity contribution in [3.63, 3.8) is 0 Å². The number of fused-ring (bicyclic) bond motifs is 2. The minimum absolute atomic E-state index is 0.0553. The maximum absolute atomic E-state index is 14.6. The molecule has 2 atom stereocenters. The Morgan fingerprint density at radius 2 is 1.90 bits per heavy atom. The monoisotopic (exact) mass is 585 g/mol. The van der Waals surface area contributed by atoms with E-state index in [2.05, 4.69) is 15.3 Å². The van der Waals surface area contributed by atoms with Gasteiger partial charge >= 0.3 is 0 Å². The van der Waals surface area contributed by atoms with Gasteiger partial charge in [-0.25, -0.2) is 12.8 Å². The zero-order valence-electron chi connectivity index (χ0n) is 20.6.